The van der Waals surface area contributed by atoms with E-state index in [2.05, 4.69) is 5.32 Å². The molecule has 1 heterocycles. The monoisotopic (exact) mass is 213 g/mol. The van der Waals surface area contributed by atoms with E-state index in [9.17, 15) is 9.59 Å². The Hall–Kier alpha value is -0.900. The number of carboxylic acid groups (broad SMARTS) is 1. The van der Waals surface area contributed by atoms with E-state index >= 15 is 0 Å². The number of rotatable bonds is 1. The molecule has 0 aromatic carbocycles. The molecule has 1 aliphatic heterocycles. The van der Waals surface area contributed by atoms with Crippen LogP contribution in [-0.2, 0) is 9.59 Å². The molecular weight excluding hydrogens is 194 g/mol. The van der Waals surface area contributed by atoms with Crippen LogP contribution in [0.1, 0.15) is 40.5 Å². The summed E-state index contributed by atoms with van der Waals surface area (Å²) in [4.78, 5) is 22.7. The van der Waals surface area contributed by atoms with Crippen molar-refractivity contribution in [3.8, 4) is 0 Å². The van der Waals surface area contributed by atoms with Crippen LogP contribution in [0.15, 0.2) is 0 Å². The summed E-state index contributed by atoms with van der Waals surface area (Å²) >= 11 is 0. The van der Waals surface area contributed by atoms with Crippen molar-refractivity contribution in [1.29, 1.82) is 0 Å². The zero-order chi connectivity index (χ0) is 11.9. The number of hydrogen-bond acceptors (Lipinski definition) is 3. The average Bonchev–Trinajstić information content (AvgIpc) is 2.02. The van der Waals surface area contributed by atoms with Gasteiger partial charge in [-0.2, -0.15) is 0 Å². The third kappa shape index (κ3) is 3.02. The van der Waals surface area contributed by atoms with Gasteiger partial charge in [0.05, 0.1) is 0 Å². The van der Waals surface area contributed by atoms with E-state index in [0.717, 1.165) is 0 Å². The van der Waals surface area contributed by atoms with E-state index in [1.54, 1.807) is 0 Å². The lowest BCUT2D eigenvalue weighted by atomic mass is 9.89. The zero-order valence-electron chi connectivity index (χ0n) is 9.76. The number of carbonyl (C=O) groups is 2. The zero-order valence-corrected chi connectivity index (χ0v) is 9.76. The predicted molar refractivity (Wildman–Crippen MR) is 56.7 cm³/mol. The van der Waals surface area contributed by atoms with Gasteiger partial charge >= 0.3 is 5.97 Å². The van der Waals surface area contributed by atoms with Crippen molar-refractivity contribution in [3.63, 3.8) is 0 Å². The summed E-state index contributed by atoms with van der Waals surface area (Å²) in [6.45, 7) is 7.72. The van der Waals surface area contributed by atoms with Gasteiger partial charge in [0, 0.05) is 17.5 Å². The molecule has 0 amide bonds. The minimum absolute atomic E-state index is 0.175. The molecule has 0 bridgehead atoms. The quantitative estimate of drug-likeness (QED) is 0.642. The Bertz CT molecular complexity index is 294. The van der Waals surface area contributed by atoms with Gasteiger partial charge in [-0.25, -0.2) is 0 Å². The van der Waals surface area contributed by atoms with E-state index in [-0.39, 0.29) is 23.3 Å². The number of hydrogen-bond donors (Lipinski definition) is 2. The van der Waals surface area contributed by atoms with Crippen LogP contribution in [0.4, 0.5) is 0 Å². The summed E-state index contributed by atoms with van der Waals surface area (Å²) in [7, 11) is 0. The maximum absolute atomic E-state index is 11.7. The molecule has 0 aliphatic carbocycles. The van der Waals surface area contributed by atoms with Gasteiger partial charge in [0.2, 0.25) is 0 Å². The number of carbonyl (C=O) groups excluding carboxylic acids is 1. The second-order valence-corrected chi connectivity index (χ2v) is 5.63. The Kier molecular flexibility index (Phi) is 2.92. The summed E-state index contributed by atoms with van der Waals surface area (Å²) < 4.78 is 0. The minimum atomic E-state index is -1.01. The first-order valence-electron chi connectivity index (χ1n) is 5.18. The van der Waals surface area contributed by atoms with Crippen molar-refractivity contribution in [2.24, 2.45) is 5.92 Å². The van der Waals surface area contributed by atoms with Gasteiger partial charge in [0.1, 0.15) is 11.7 Å². The molecule has 86 valence electrons. The topological polar surface area (TPSA) is 66.4 Å². The third-order valence-electron chi connectivity index (χ3n) is 2.69. The van der Waals surface area contributed by atoms with Crippen molar-refractivity contribution < 1.29 is 14.7 Å². The van der Waals surface area contributed by atoms with Gasteiger partial charge in [-0.1, -0.05) is 0 Å². The predicted octanol–water partition coefficient (Wildman–Crippen LogP) is 1.20. The first kappa shape index (κ1) is 12.2. The molecule has 4 heteroatoms. The Labute approximate surface area is 90.0 Å². The molecule has 1 rings (SSSR count). The molecule has 0 radical (unpaired) electrons. The van der Waals surface area contributed by atoms with Crippen LogP contribution in [-0.4, -0.2) is 27.9 Å². The van der Waals surface area contributed by atoms with Gasteiger partial charge in [-0.05, 0) is 34.1 Å². The van der Waals surface area contributed by atoms with Crippen LogP contribution >= 0.6 is 0 Å². The fraction of sp³-hybridized carbons (Fsp3) is 0.818. The van der Waals surface area contributed by atoms with Crippen LogP contribution in [0.25, 0.3) is 0 Å². The van der Waals surface area contributed by atoms with Gasteiger partial charge in [0.15, 0.2) is 0 Å². The first-order chi connectivity index (χ1) is 6.63. The number of carboxylic acids is 1. The number of Topliss-reactive ketones (excluding diaryl/α,β-unsaturated/α-hetero) is 1. The summed E-state index contributed by atoms with van der Waals surface area (Å²) in [6.07, 6.45) is 0.623. The summed E-state index contributed by atoms with van der Waals surface area (Å²) in [5.74, 6) is -2.05. The summed E-state index contributed by atoms with van der Waals surface area (Å²) in [5.41, 5.74) is -0.649. The minimum Gasteiger partial charge on any atom is -0.481 e. The highest BCUT2D eigenvalue weighted by molar-refractivity contribution is 5.99. The smallest absolute Gasteiger partial charge is 0.314 e. The molecule has 0 aromatic heterocycles. The normalized spacial score (nSPS) is 29.6. The van der Waals surface area contributed by atoms with Gasteiger partial charge in [-0.15, -0.1) is 0 Å². The van der Waals surface area contributed by atoms with Crippen molar-refractivity contribution in [2.45, 2.75) is 51.6 Å². The molecule has 15 heavy (non-hydrogen) atoms. The molecule has 0 spiro atoms. The number of ketones is 1. The lowest BCUT2D eigenvalue weighted by Crippen LogP contribution is -2.50. The Morgan fingerprint density at radius 2 is 1.87 bits per heavy atom. The summed E-state index contributed by atoms with van der Waals surface area (Å²) in [5, 5.41) is 12.3. The number of aliphatic carboxylic acids is 1. The highest BCUT2D eigenvalue weighted by Gasteiger charge is 2.41. The van der Waals surface area contributed by atoms with Crippen LogP contribution in [0, 0.1) is 5.92 Å². The van der Waals surface area contributed by atoms with Crippen molar-refractivity contribution in [2.75, 3.05) is 0 Å². The van der Waals surface area contributed by atoms with E-state index in [0.29, 0.717) is 6.42 Å². The van der Waals surface area contributed by atoms with Crippen LogP contribution in [0.5, 0.6) is 0 Å². The fourth-order valence-corrected chi connectivity index (χ4v) is 2.42. The SMILES string of the molecule is CC1(C)CC(=O)C(C(=O)O)CC(C)(C)N1. The lowest BCUT2D eigenvalue weighted by Gasteiger charge is -2.34. The van der Waals surface area contributed by atoms with Crippen LogP contribution < -0.4 is 5.32 Å². The largest absolute Gasteiger partial charge is 0.481 e. The Balaban J connectivity index is 2.99. The van der Waals surface area contributed by atoms with E-state index in [4.69, 9.17) is 5.11 Å². The molecule has 1 unspecified atom stereocenters. The van der Waals surface area contributed by atoms with E-state index in [1.807, 2.05) is 27.7 Å². The van der Waals surface area contributed by atoms with Crippen molar-refractivity contribution in [3.05, 3.63) is 0 Å². The van der Waals surface area contributed by atoms with Gasteiger partial charge in [0.25, 0.3) is 0 Å². The maximum atomic E-state index is 11.7. The molecule has 1 atom stereocenters. The van der Waals surface area contributed by atoms with E-state index < -0.39 is 11.9 Å². The molecule has 4 nitrogen and oxygen atoms in total. The molecule has 1 fully saturated rings. The molecule has 1 saturated heterocycles. The Morgan fingerprint density at radius 1 is 1.33 bits per heavy atom. The van der Waals surface area contributed by atoms with Crippen molar-refractivity contribution >= 4 is 11.8 Å². The van der Waals surface area contributed by atoms with E-state index in [1.165, 1.54) is 0 Å². The van der Waals surface area contributed by atoms with Crippen LogP contribution in [0.2, 0.25) is 0 Å². The van der Waals surface area contributed by atoms with Gasteiger partial charge in [-0.3, -0.25) is 9.59 Å². The summed E-state index contributed by atoms with van der Waals surface area (Å²) in [6, 6.07) is 0. The lowest BCUT2D eigenvalue weighted by molar-refractivity contribution is -0.146. The van der Waals surface area contributed by atoms with Crippen LogP contribution in [0.3, 0.4) is 0 Å². The second-order valence-electron chi connectivity index (χ2n) is 5.63. The first-order valence-corrected chi connectivity index (χ1v) is 5.18. The molecule has 0 aromatic rings. The Morgan fingerprint density at radius 3 is 2.33 bits per heavy atom. The highest BCUT2D eigenvalue weighted by Crippen LogP contribution is 2.28. The molecule has 1 aliphatic rings. The van der Waals surface area contributed by atoms with Gasteiger partial charge < -0.3 is 10.4 Å². The highest BCUT2D eigenvalue weighted by atomic mass is 16.4. The molecule has 2 N–H and O–H groups in total. The fourth-order valence-electron chi connectivity index (χ4n) is 2.42. The average molecular weight is 213 g/mol. The molecule has 0 saturated carbocycles. The third-order valence-corrected chi connectivity index (χ3v) is 2.69. The molecular formula is C11H19NO3. The van der Waals surface area contributed by atoms with Crippen molar-refractivity contribution in [1.82, 2.24) is 5.32 Å². The number of nitrogens with one attached hydrogen (secondary N) is 1. The second kappa shape index (κ2) is 3.59. The standard InChI is InChI=1S/C11H19NO3/c1-10(2)5-7(9(14)15)8(13)6-11(3,4)12-10/h7,12H,5-6H2,1-4H3,(H,14,15). The maximum Gasteiger partial charge on any atom is 0.314 e.